The second-order valence-corrected chi connectivity index (χ2v) is 3.88. The van der Waals surface area contributed by atoms with Gasteiger partial charge in [-0.25, -0.2) is 9.37 Å². The van der Waals surface area contributed by atoms with Crippen molar-refractivity contribution in [3.63, 3.8) is 0 Å². The number of hydrogen-bond acceptors (Lipinski definition) is 4. The van der Waals surface area contributed by atoms with Gasteiger partial charge in [-0.05, 0) is 30.3 Å². The molecule has 0 aliphatic rings. The molecule has 0 radical (unpaired) electrons. The average molecular weight is 274 g/mol. The Morgan fingerprint density at radius 2 is 2.20 bits per heavy atom. The second kappa shape index (κ2) is 6.42. The first-order valence-corrected chi connectivity index (χ1v) is 5.77. The molecule has 0 saturated carbocycles. The molecule has 2 rings (SSSR count). The van der Waals surface area contributed by atoms with Gasteiger partial charge in [0.05, 0.1) is 6.20 Å². The summed E-state index contributed by atoms with van der Waals surface area (Å²) in [6, 6.07) is 8.57. The molecule has 0 atom stereocenters. The van der Waals surface area contributed by atoms with Crippen LogP contribution < -0.4 is 10.1 Å². The van der Waals surface area contributed by atoms with E-state index in [1.54, 1.807) is 6.07 Å². The number of amides is 1. The molecule has 1 heterocycles. The highest BCUT2D eigenvalue weighted by Gasteiger charge is 2.04. The lowest BCUT2D eigenvalue weighted by Crippen LogP contribution is -2.20. The zero-order chi connectivity index (χ0) is 14.4. The van der Waals surface area contributed by atoms with Crippen LogP contribution in [0.15, 0.2) is 42.6 Å². The summed E-state index contributed by atoms with van der Waals surface area (Å²) in [5.41, 5.74) is 0.634. The lowest BCUT2D eigenvalue weighted by atomic mass is 10.3. The van der Waals surface area contributed by atoms with Crippen molar-refractivity contribution < 1.29 is 18.7 Å². The molecule has 1 N–H and O–H groups in total. The number of rotatable bonds is 5. The van der Waals surface area contributed by atoms with Gasteiger partial charge in [0.1, 0.15) is 17.3 Å². The van der Waals surface area contributed by atoms with Crippen molar-refractivity contribution in [1.82, 2.24) is 4.98 Å². The van der Waals surface area contributed by atoms with Crippen LogP contribution in [0, 0.1) is 5.82 Å². The van der Waals surface area contributed by atoms with Crippen LogP contribution in [0.1, 0.15) is 10.5 Å². The first kappa shape index (κ1) is 13.7. The number of anilines is 1. The van der Waals surface area contributed by atoms with Gasteiger partial charge in [-0.2, -0.15) is 0 Å². The van der Waals surface area contributed by atoms with Crippen LogP contribution in [0.25, 0.3) is 0 Å². The molecule has 102 valence electrons. The minimum atomic E-state index is -0.433. The molecule has 6 heteroatoms. The van der Waals surface area contributed by atoms with E-state index >= 15 is 0 Å². The Labute approximate surface area is 114 Å². The maximum Gasteiger partial charge on any atom is 0.262 e. The van der Waals surface area contributed by atoms with E-state index in [9.17, 15) is 14.0 Å². The SMILES string of the molecule is O=Cc1ccc(OCC(=O)Nc2cccc(F)c2)cn1. The summed E-state index contributed by atoms with van der Waals surface area (Å²) in [5, 5.41) is 2.50. The first-order chi connectivity index (χ1) is 9.67. The van der Waals surface area contributed by atoms with Gasteiger partial charge in [-0.1, -0.05) is 6.07 Å². The lowest BCUT2D eigenvalue weighted by molar-refractivity contribution is -0.118. The molecule has 1 aromatic carbocycles. The molecule has 20 heavy (non-hydrogen) atoms. The summed E-state index contributed by atoms with van der Waals surface area (Å²) in [7, 11) is 0. The molecule has 0 aliphatic heterocycles. The fourth-order valence-corrected chi connectivity index (χ4v) is 1.46. The Kier molecular flexibility index (Phi) is 4.39. The standard InChI is InChI=1S/C14H11FN2O3/c15-10-2-1-3-11(6-10)17-14(19)9-20-13-5-4-12(8-18)16-7-13/h1-8H,9H2,(H,17,19). The van der Waals surface area contributed by atoms with Crippen molar-refractivity contribution in [1.29, 1.82) is 0 Å². The Hall–Kier alpha value is -2.76. The number of carbonyl (C=O) groups is 2. The summed E-state index contributed by atoms with van der Waals surface area (Å²) in [6.07, 6.45) is 1.96. The zero-order valence-corrected chi connectivity index (χ0v) is 10.4. The first-order valence-electron chi connectivity index (χ1n) is 5.77. The number of carbonyl (C=O) groups excluding carboxylic acids is 2. The van der Waals surface area contributed by atoms with Crippen LogP contribution >= 0.6 is 0 Å². The molecule has 2 aromatic rings. The summed E-state index contributed by atoms with van der Waals surface area (Å²) in [4.78, 5) is 25.8. The number of pyridine rings is 1. The van der Waals surface area contributed by atoms with Crippen molar-refractivity contribution in [2.75, 3.05) is 11.9 Å². The maximum atomic E-state index is 12.9. The van der Waals surface area contributed by atoms with E-state index in [2.05, 4.69) is 10.3 Å². The third-order valence-electron chi connectivity index (χ3n) is 2.36. The summed E-state index contributed by atoms with van der Waals surface area (Å²) >= 11 is 0. The van der Waals surface area contributed by atoms with E-state index in [0.717, 1.165) is 0 Å². The van der Waals surface area contributed by atoms with Crippen molar-refractivity contribution in [2.24, 2.45) is 0 Å². The molecule has 0 fully saturated rings. The van der Waals surface area contributed by atoms with Gasteiger partial charge in [0.15, 0.2) is 12.9 Å². The molecular formula is C14H11FN2O3. The van der Waals surface area contributed by atoms with Crippen LogP contribution in [-0.4, -0.2) is 23.8 Å². The number of benzene rings is 1. The summed E-state index contributed by atoms with van der Waals surface area (Å²) in [6.45, 7) is -0.237. The predicted molar refractivity (Wildman–Crippen MR) is 70.1 cm³/mol. The quantitative estimate of drug-likeness (QED) is 0.847. The molecule has 0 unspecified atom stereocenters. The molecule has 1 amide bonds. The second-order valence-electron chi connectivity index (χ2n) is 3.88. The number of aldehydes is 1. The van der Waals surface area contributed by atoms with Crippen LogP contribution in [-0.2, 0) is 4.79 Å². The topological polar surface area (TPSA) is 68.3 Å². The van der Waals surface area contributed by atoms with Gasteiger partial charge in [-0.3, -0.25) is 9.59 Å². The largest absolute Gasteiger partial charge is 0.482 e. The molecular weight excluding hydrogens is 263 g/mol. The molecule has 1 aromatic heterocycles. The van der Waals surface area contributed by atoms with Crippen molar-refractivity contribution in [2.45, 2.75) is 0 Å². The Morgan fingerprint density at radius 3 is 2.85 bits per heavy atom. The third kappa shape index (κ3) is 3.88. The van der Waals surface area contributed by atoms with E-state index in [-0.39, 0.29) is 12.3 Å². The Morgan fingerprint density at radius 1 is 1.35 bits per heavy atom. The van der Waals surface area contributed by atoms with Gasteiger partial charge >= 0.3 is 0 Å². The number of aromatic nitrogens is 1. The third-order valence-corrected chi connectivity index (χ3v) is 2.36. The summed E-state index contributed by atoms with van der Waals surface area (Å²) < 4.78 is 18.1. The smallest absolute Gasteiger partial charge is 0.262 e. The molecule has 0 aliphatic carbocycles. The Balaban J connectivity index is 1.87. The van der Waals surface area contributed by atoms with Gasteiger partial charge < -0.3 is 10.1 Å². The highest BCUT2D eigenvalue weighted by Crippen LogP contribution is 2.10. The molecule has 0 spiro atoms. The van der Waals surface area contributed by atoms with Gasteiger partial charge in [0.2, 0.25) is 0 Å². The Bertz CT molecular complexity index is 614. The highest BCUT2D eigenvalue weighted by molar-refractivity contribution is 5.91. The van der Waals surface area contributed by atoms with Crippen LogP contribution in [0.3, 0.4) is 0 Å². The lowest BCUT2D eigenvalue weighted by Gasteiger charge is -2.07. The monoisotopic (exact) mass is 274 g/mol. The molecule has 5 nitrogen and oxygen atoms in total. The van der Waals surface area contributed by atoms with E-state index in [0.29, 0.717) is 17.7 Å². The van der Waals surface area contributed by atoms with Gasteiger partial charge in [0, 0.05) is 5.69 Å². The van der Waals surface area contributed by atoms with Crippen LogP contribution in [0.4, 0.5) is 10.1 Å². The van der Waals surface area contributed by atoms with E-state index in [4.69, 9.17) is 4.74 Å². The average Bonchev–Trinajstić information content (AvgIpc) is 2.46. The number of nitrogens with one attached hydrogen (secondary N) is 1. The van der Waals surface area contributed by atoms with Crippen molar-refractivity contribution in [3.8, 4) is 5.75 Å². The number of nitrogens with zero attached hydrogens (tertiary/aromatic N) is 1. The summed E-state index contributed by atoms with van der Waals surface area (Å²) in [5.74, 6) is -0.488. The van der Waals surface area contributed by atoms with Crippen molar-refractivity contribution in [3.05, 3.63) is 54.1 Å². The minimum absolute atomic E-state index is 0.237. The van der Waals surface area contributed by atoms with Crippen molar-refractivity contribution >= 4 is 17.9 Å². The van der Waals surface area contributed by atoms with Crippen LogP contribution in [0.5, 0.6) is 5.75 Å². The van der Waals surface area contributed by atoms with Gasteiger partial charge in [0.25, 0.3) is 5.91 Å². The zero-order valence-electron chi connectivity index (χ0n) is 10.4. The van der Waals surface area contributed by atoms with Gasteiger partial charge in [-0.15, -0.1) is 0 Å². The van der Waals surface area contributed by atoms with Crippen LogP contribution in [0.2, 0.25) is 0 Å². The number of halogens is 1. The van der Waals surface area contributed by atoms with E-state index in [1.165, 1.54) is 36.5 Å². The predicted octanol–water partition coefficient (Wildman–Crippen LogP) is 2.05. The highest BCUT2D eigenvalue weighted by atomic mass is 19.1. The molecule has 0 saturated heterocycles. The van der Waals surface area contributed by atoms with E-state index < -0.39 is 11.7 Å². The van der Waals surface area contributed by atoms with E-state index in [1.807, 2.05) is 0 Å². The number of hydrogen-bond donors (Lipinski definition) is 1. The fraction of sp³-hybridized carbons (Fsp3) is 0.0714. The minimum Gasteiger partial charge on any atom is -0.482 e. The normalized spacial score (nSPS) is 9.85. The molecule has 0 bridgehead atoms. The fourth-order valence-electron chi connectivity index (χ4n) is 1.46. The maximum absolute atomic E-state index is 12.9. The number of ether oxygens (including phenoxy) is 1.